The van der Waals surface area contributed by atoms with Gasteiger partial charge in [0.25, 0.3) is 0 Å². The van der Waals surface area contributed by atoms with Crippen molar-refractivity contribution in [3.8, 4) is 0 Å². The van der Waals surface area contributed by atoms with Crippen LogP contribution in [0, 0.1) is 0 Å². The van der Waals surface area contributed by atoms with Crippen molar-refractivity contribution < 1.29 is 9.53 Å². The maximum atomic E-state index is 11.3. The topological polar surface area (TPSA) is 42.1 Å². The number of nitrogens with one attached hydrogen (secondary N) is 1. The van der Waals surface area contributed by atoms with Crippen LogP contribution in [0.25, 0.3) is 5.57 Å². The van der Waals surface area contributed by atoms with Gasteiger partial charge >= 0.3 is 5.97 Å². The molecule has 1 aliphatic rings. The van der Waals surface area contributed by atoms with Crippen LogP contribution < -0.4 is 0 Å². The summed E-state index contributed by atoms with van der Waals surface area (Å²) in [6, 6.07) is 2.03. The van der Waals surface area contributed by atoms with Crippen molar-refractivity contribution in [1.29, 1.82) is 0 Å². The van der Waals surface area contributed by atoms with Crippen LogP contribution in [0.15, 0.2) is 18.3 Å². The fraction of sp³-hybridized carbons (Fsp3) is 0.417. The van der Waals surface area contributed by atoms with Crippen molar-refractivity contribution in [2.45, 2.75) is 26.2 Å². The number of aromatic amines is 1. The number of carbonyl (C=O) groups is 1. The lowest BCUT2D eigenvalue weighted by atomic mass is 9.92. The van der Waals surface area contributed by atoms with Crippen molar-refractivity contribution in [2.24, 2.45) is 0 Å². The highest BCUT2D eigenvalue weighted by Gasteiger charge is 2.15. The molecule has 0 aliphatic heterocycles. The molecule has 2 rings (SSSR count). The second-order valence-electron chi connectivity index (χ2n) is 3.65. The highest BCUT2D eigenvalue weighted by molar-refractivity contribution is 5.92. The maximum absolute atomic E-state index is 11.3. The monoisotopic (exact) mass is 205 g/mol. The third kappa shape index (κ3) is 2.12. The number of aryl methyl sites for hydroxylation is 1. The number of fused-ring (bicyclic) bond motifs is 1. The zero-order chi connectivity index (χ0) is 10.7. The fourth-order valence-corrected chi connectivity index (χ4v) is 1.98. The van der Waals surface area contributed by atoms with Crippen LogP contribution in [0.4, 0.5) is 0 Å². The van der Waals surface area contributed by atoms with Crippen LogP contribution in [0.5, 0.6) is 0 Å². The molecule has 0 radical (unpaired) electrons. The molecule has 0 amide bonds. The normalized spacial score (nSPS) is 17.5. The van der Waals surface area contributed by atoms with Crippen LogP contribution in [0.1, 0.15) is 31.0 Å². The molecule has 1 aromatic rings. The summed E-state index contributed by atoms with van der Waals surface area (Å²) in [6.07, 6.45) is 6.68. The van der Waals surface area contributed by atoms with Gasteiger partial charge in [0.05, 0.1) is 6.61 Å². The Kier molecular flexibility index (Phi) is 2.90. The van der Waals surface area contributed by atoms with Gasteiger partial charge < -0.3 is 9.72 Å². The van der Waals surface area contributed by atoms with E-state index in [-0.39, 0.29) is 5.97 Å². The number of rotatable bonds is 2. The molecule has 3 nitrogen and oxygen atoms in total. The molecule has 0 aromatic carbocycles. The fourth-order valence-electron chi connectivity index (χ4n) is 1.98. The molecule has 1 aliphatic carbocycles. The molecule has 15 heavy (non-hydrogen) atoms. The van der Waals surface area contributed by atoms with Crippen LogP contribution >= 0.6 is 0 Å². The Morgan fingerprint density at radius 2 is 2.47 bits per heavy atom. The van der Waals surface area contributed by atoms with E-state index < -0.39 is 0 Å². The Balaban J connectivity index is 2.22. The largest absolute Gasteiger partial charge is 0.463 e. The number of aromatic nitrogens is 1. The molecule has 0 saturated heterocycles. The molecule has 80 valence electrons. The molecule has 0 saturated carbocycles. The minimum absolute atomic E-state index is 0.235. The average Bonchev–Trinajstić information content (AvgIpc) is 2.67. The van der Waals surface area contributed by atoms with Gasteiger partial charge in [0.1, 0.15) is 0 Å². The second-order valence-corrected chi connectivity index (χ2v) is 3.65. The molecule has 0 atom stereocenters. The molecule has 0 unspecified atom stereocenters. The molecule has 0 fully saturated rings. The van der Waals surface area contributed by atoms with Gasteiger partial charge in [-0.1, -0.05) is 0 Å². The van der Waals surface area contributed by atoms with E-state index in [0.717, 1.165) is 24.8 Å². The van der Waals surface area contributed by atoms with E-state index in [0.29, 0.717) is 6.61 Å². The Morgan fingerprint density at radius 1 is 1.60 bits per heavy atom. The van der Waals surface area contributed by atoms with E-state index in [4.69, 9.17) is 4.74 Å². The summed E-state index contributed by atoms with van der Waals surface area (Å²) >= 11 is 0. The first-order valence-electron chi connectivity index (χ1n) is 5.35. The molecule has 1 heterocycles. The van der Waals surface area contributed by atoms with Gasteiger partial charge in [-0.25, -0.2) is 4.79 Å². The maximum Gasteiger partial charge on any atom is 0.331 e. The number of hydrogen-bond donors (Lipinski definition) is 1. The Bertz CT molecular complexity index is 390. The van der Waals surface area contributed by atoms with Gasteiger partial charge in [-0.3, -0.25) is 0 Å². The van der Waals surface area contributed by atoms with Crippen LogP contribution in [-0.2, 0) is 16.0 Å². The van der Waals surface area contributed by atoms with Crippen molar-refractivity contribution in [3.63, 3.8) is 0 Å². The van der Waals surface area contributed by atoms with Gasteiger partial charge in [-0.05, 0) is 43.4 Å². The number of H-pyrrole nitrogens is 1. The lowest BCUT2D eigenvalue weighted by molar-refractivity contribution is -0.137. The summed E-state index contributed by atoms with van der Waals surface area (Å²) in [4.78, 5) is 14.5. The van der Waals surface area contributed by atoms with Gasteiger partial charge in [-0.2, -0.15) is 0 Å². The first-order valence-corrected chi connectivity index (χ1v) is 5.35. The second kappa shape index (κ2) is 4.34. The third-order valence-electron chi connectivity index (χ3n) is 2.63. The molecule has 1 aromatic heterocycles. The van der Waals surface area contributed by atoms with E-state index in [1.165, 1.54) is 11.3 Å². The highest BCUT2D eigenvalue weighted by atomic mass is 16.5. The van der Waals surface area contributed by atoms with Gasteiger partial charge in [0.15, 0.2) is 0 Å². The first kappa shape index (κ1) is 10.0. The summed E-state index contributed by atoms with van der Waals surface area (Å²) in [7, 11) is 0. The molecule has 3 heteroatoms. The van der Waals surface area contributed by atoms with Crippen molar-refractivity contribution in [2.75, 3.05) is 6.61 Å². The minimum atomic E-state index is -0.235. The summed E-state index contributed by atoms with van der Waals surface area (Å²) in [5, 5.41) is 0. The molecule has 0 spiro atoms. The van der Waals surface area contributed by atoms with E-state index in [9.17, 15) is 4.79 Å². The number of allylic oxidation sites excluding steroid dienone is 1. The Morgan fingerprint density at radius 3 is 3.27 bits per heavy atom. The molecular weight excluding hydrogens is 190 g/mol. The van der Waals surface area contributed by atoms with Gasteiger partial charge in [-0.15, -0.1) is 0 Å². The first-order chi connectivity index (χ1) is 7.31. The molecular formula is C12H15NO2. The average molecular weight is 205 g/mol. The number of carbonyl (C=O) groups excluding carboxylic acids is 1. The highest BCUT2D eigenvalue weighted by Crippen LogP contribution is 2.29. The summed E-state index contributed by atoms with van der Waals surface area (Å²) in [6.45, 7) is 2.25. The van der Waals surface area contributed by atoms with E-state index in [2.05, 4.69) is 4.98 Å². The quantitative estimate of drug-likeness (QED) is 0.594. The van der Waals surface area contributed by atoms with Crippen LogP contribution in [-0.4, -0.2) is 17.6 Å². The van der Waals surface area contributed by atoms with Crippen molar-refractivity contribution >= 4 is 11.5 Å². The molecule has 0 bridgehead atoms. The van der Waals surface area contributed by atoms with Crippen molar-refractivity contribution in [1.82, 2.24) is 4.98 Å². The predicted molar refractivity (Wildman–Crippen MR) is 58.3 cm³/mol. The summed E-state index contributed by atoms with van der Waals surface area (Å²) in [5.74, 6) is -0.235. The van der Waals surface area contributed by atoms with E-state index >= 15 is 0 Å². The van der Waals surface area contributed by atoms with Crippen molar-refractivity contribution in [3.05, 3.63) is 29.6 Å². The minimum Gasteiger partial charge on any atom is -0.463 e. The summed E-state index contributed by atoms with van der Waals surface area (Å²) in [5.41, 5.74) is 3.50. The smallest absolute Gasteiger partial charge is 0.331 e. The zero-order valence-electron chi connectivity index (χ0n) is 8.88. The lowest BCUT2D eigenvalue weighted by Gasteiger charge is -2.14. The number of ether oxygens (including phenoxy) is 1. The van der Waals surface area contributed by atoms with Gasteiger partial charge in [0.2, 0.25) is 0 Å². The van der Waals surface area contributed by atoms with E-state index in [1.54, 1.807) is 6.08 Å². The van der Waals surface area contributed by atoms with Gasteiger partial charge in [0, 0.05) is 18.0 Å². The SMILES string of the molecule is CCOC(=O)C=C1CCCc2[nH]ccc21. The van der Waals surface area contributed by atoms with E-state index in [1.807, 2.05) is 19.2 Å². The predicted octanol–water partition coefficient (Wildman–Crippen LogP) is 2.30. The van der Waals surface area contributed by atoms with Crippen LogP contribution in [0.3, 0.4) is 0 Å². The standard InChI is InChI=1S/C12H15NO2/c1-2-15-12(14)8-9-4-3-5-11-10(9)6-7-13-11/h6-8,13H,2-5H2,1H3. The Hall–Kier alpha value is -1.51. The number of hydrogen-bond acceptors (Lipinski definition) is 2. The number of esters is 1. The summed E-state index contributed by atoms with van der Waals surface area (Å²) < 4.78 is 4.91. The third-order valence-corrected chi connectivity index (χ3v) is 2.63. The lowest BCUT2D eigenvalue weighted by Crippen LogP contribution is -2.05. The zero-order valence-corrected chi connectivity index (χ0v) is 8.88. The van der Waals surface area contributed by atoms with Crippen LogP contribution in [0.2, 0.25) is 0 Å². The molecule has 1 N–H and O–H groups in total. The Labute approximate surface area is 89.1 Å².